The number of amides is 2. The number of carbonyl (C=O) groups excluding carboxylic acids is 2. The summed E-state index contributed by atoms with van der Waals surface area (Å²) in [5.74, 6) is -0.131. The second-order valence-corrected chi connectivity index (χ2v) is 5.92. The lowest BCUT2D eigenvalue weighted by molar-refractivity contribution is -0.121. The lowest BCUT2D eigenvalue weighted by atomic mass is 10.1. The molecule has 3 N–H and O–H groups in total. The number of halogens is 1. The molecule has 0 aliphatic heterocycles. The first-order valence-corrected chi connectivity index (χ1v) is 7.78. The van der Waals surface area contributed by atoms with Crippen LogP contribution in [0.25, 0.3) is 10.9 Å². The molecule has 2 aromatic heterocycles. The van der Waals surface area contributed by atoms with Crippen LogP contribution in [-0.2, 0) is 11.2 Å². The molecule has 6 nitrogen and oxygen atoms in total. The Labute approximate surface area is 143 Å². The third-order valence-corrected chi connectivity index (χ3v) is 4.02. The summed E-state index contributed by atoms with van der Waals surface area (Å²) < 4.78 is 18.8. The average Bonchev–Trinajstić information content (AvgIpc) is 3.04. The molecule has 0 aliphatic rings. The molecule has 0 fully saturated rings. The van der Waals surface area contributed by atoms with Crippen LogP contribution >= 0.6 is 0 Å². The topological polar surface area (TPSA) is 87.1 Å². The highest BCUT2D eigenvalue weighted by atomic mass is 19.1. The van der Waals surface area contributed by atoms with Gasteiger partial charge in [0, 0.05) is 16.6 Å². The summed E-state index contributed by atoms with van der Waals surface area (Å²) in [6, 6.07) is 5.98. The molecule has 3 rings (SSSR count). The van der Waals surface area contributed by atoms with Gasteiger partial charge in [0.15, 0.2) is 0 Å². The maximum absolute atomic E-state index is 13.5. The number of fused-ring (bicyclic) bond motifs is 1. The molecule has 0 atom stereocenters. The van der Waals surface area contributed by atoms with Gasteiger partial charge in [0.05, 0.1) is 12.0 Å². The summed E-state index contributed by atoms with van der Waals surface area (Å²) in [7, 11) is 0. The predicted molar refractivity (Wildman–Crippen MR) is 90.5 cm³/mol. The molecule has 3 aromatic rings. The van der Waals surface area contributed by atoms with E-state index in [9.17, 15) is 14.0 Å². The molecule has 0 unspecified atom stereocenters. The van der Waals surface area contributed by atoms with Crippen molar-refractivity contribution in [3.05, 3.63) is 58.4 Å². The Hall–Kier alpha value is -3.09. The number of hydrogen-bond acceptors (Lipinski definition) is 3. The monoisotopic (exact) mass is 343 g/mol. The van der Waals surface area contributed by atoms with E-state index in [2.05, 4.69) is 15.8 Å². The first-order valence-electron chi connectivity index (χ1n) is 7.78. The first-order chi connectivity index (χ1) is 11.8. The fourth-order valence-corrected chi connectivity index (χ4v) is 2.84. The average molecular weight is 343 g/mol. The number of aromatic amines is 1. The van der Waals surface area contributed by atoms with Gasteiger partial charge in [0.2, 0.25) is 5.91 Å². The van der Waals surface area contributed by atoms with Gasteiger partial charge >= 0.3 is 0 Å². The number of carbonyl (C=O) groups is 2. The number of aryl methyl sites for hydroxylation is 3. The summed E-state index contributed by atoms with van der Waals surface area (Å²) >= 11 is 0. The minimum atomic E-state index is -0.454. The van der Waals surface area contributed by atoms with Crippen LogP contribution < -0.4 is 10.9 Å². The van der Waals surface area contributed by atoms with Gasteiger partial charge in [-0.2, -0.15) is 0 Å². The molecular weight excluding hydrogens is 325 g/mol. The van der Waals surface area contributed by atoms with E-state index in [0.29, 0.717) is 28.0 Å². The zero-order valence-corrected chi connectivity index (χ0v) is 14.1. The van der Waals surface area contributed by atoms with Gasteiger partial charge in [0.25, 0.3) is 5.91 Å². The predicted octanol–water partition coefficient (Wildman–Crippen LogP) is 2.83. The van der Waals surface area contributed by atoms with E-state index in [1.165, 1.54) is 12.1 Å². The number of benzene rings is 1. The van der Waals surface area contributed by atoms with Crippen LogP contribution in [0.4, 0.5) is 4.39 Å². The number of furan rings is 1. The van der Waals surface area contributed by atoms with Crippen molar-refractivity contribution in [2.45, 2.75) is 27.2 Å². The van der Waals surface area contributed by atoms with Gasteiger partial charge in [-0.05, 0) is 50.6 Å². The Morgan fingerprint density at radius 2 is 1.92 bits per heavy atom. The van der Waals surface area contributed by atoms with Crippen LogP contribution in [0.3, 0.4) is 0 Å². The van der Waals surface area contributed by atoms with Crippen molar-refractivity contribution in [1.82, 2.24) is 15.8 Å². The highest BCUT2D eigenvalue weighted by Gasteiger charge is 2.16. The summed E-state index contributed by atoms with van der Waals surface area (Å²) in [6.07, 6.45) is 0.0129. The van der Waals surface area contributed by atoms with E-state index in [1.807, 2.05) is 6.92 Å². The second-order valence-electron chi connectivity index (χ2n) is 5.92. The highest BCUT2D eigenvalue weighted by molar-refractivity contribution is 5.97. The van der Waals surface area contributed by atoms with Gasteiger partial charge in [0.1, 0.15) is 17.3 Å². The molecule has 25 heavy (non-hydrogen) atoms. The molecule has 2 amide bonds. The molecule has 2 heterocycles. The van der Waals surface area contributed by atoms with Crippen LogP contribution in [0.5, 0.6) is 0 Å². The SMILES string of the molecule is Cc1cc(C(=O)NNC(=O)Cc2c(C)[nH]c3ccc(F)cc23)c(C)o1. The molecular formula is C18H18FN3O3. The Balaban J connectivity index is 1.69. The minimum absolute atomic E-state index is 0.0129. The molecule has 0 radical (unpaired) electrons. The van der Waals surface area contributed by atoms with Crippen LogP contribution in [0.15, 0.2) is 28.7 Å². The minimum Gasteiger partial charge on any atom is -0.466 e. The molecule has 0 saturated heterocycles. The van der Waals surface area contributed by atoms with Gasteiger partial charge in [-0.25, -0.2) is 4.39 Å². The fourth-order valence-electron chi connectivity index (χ4n) is 2.84. The Kier molecular flexibility index (Phi) is 4.31. The number of rotatable bonds is 3. The van der Waals surface area contributed by atoms with Crippen LogP contribution in [0, 0.1) is 26.6 Å². The van der Waals surface area contributed by atoms with Gasteiger partial charge in [-0.3, -0.25) is 20.4 Å². The van der Waals surface area contributed by atoms with Crippen molar-refractivity contribution in [2.75, 3.05) is 0 Å². The fraction of sp³-hybridized carbons (Fsp3) is 0.222. The molecule has 0 aliphatic carbocycles. The third kappa shape index (κ3) is 3.40. The summed E-state index contributed by atoms with van der Waals surface area (Å²) in [5.41, 5.74) is 7.33. The summed E-state index contributed by atoms with van der Waals surface area (Å²) in [5, 5.41) is 0.653. The van der Waals surface area contributed by atoms with Crippen molar-refractivity contribution in [1.29, 1.82) is 0 Å². The molecule has 0 bridgehead atoms. The van der Waals surface area contributed by atoms with E-state index in [4.69, 9.17) is 4.42 Å². The number of aromatic nitrogens is 1. The first kappa shape index (κ1) is 16.8. The number of H-pyrrole nitrogens is 1. The largest absolute Gasteiger partial charge is 0.466 e. The van der Waals surface area contributed by atoms with Crippen molar-refractivity contribution in [3.63, 3.8) is 0 Å². The molecule has 130 valence electrons. The molecule has 0 saturated carbocycles. The second kappa shape index (κ2) is 6.43. The van der Waals surface area contributed by atoms with Crippen molar-refractivity contribution < 1.29 is 18.4 Å². The van der Waals surface area contributed by atoms with E-state index < -0.39 is 11.8 Å². The van der Waals surface area contributed by atoms with E-state index in [-0.39, 0.29) is 12.2 Å². The van der Waals surface area contributed by atoms with Crippen LogP contribution in [0.2, 0.25) is 0 Å². The van der Waals surface area contributed by atoms with Crippen LogP contribution in [0.1, 0.15) is 33.1 Å². The van der Waals surface area contributed by atoms with Gasteiger partial charge < -0.3 is 9.40 Å². The van der Waals surface area contributed by atoms with Crippen molar-refractivity contribution >= 4 is 22.7 Å². The maximum Gasteiger partial charge on any atom is 0.273 e. The smallest absolute Gasteiger partial charge is 0.273 e. The maximum atomic E-state index is 13.5. The standard InChI is InChI=1S/C18H18FN3O3/c1-9-6-14(11(3)25-9)18(24)22-21-17(23)8-13-10(2)20-16-5-4-12(19)7-15(13)16/h4-7,20H,8H2,1-3H3,(H,21,23)(H,22,24). The van der Waals surface area contributed by atoms with E-state index >= 15 is 0 Å². The third-order valence-electron chi connectivity index (χ3n) is 4.02. The van der Waals surface area contributed by atoms with Crippen LogP contribution in [-0.4, -0.2) is 16.8 Å². The number of nitrogens with one attached hydrogen (secondary N) is 3. The highest BCUT2D eigenvalue weighted by Crippen LogP contribution is 2.23. The number of hydrazine groups is 1. The Morgan fingerprint density at radius 1 is 1.16 bits per heavy atom. The lowest BCUT2D eigenvalue weighted by Gasteiger charge is -2.07. The quantitative estimate of drug-likeness (QED) is 0.639. The van der Waals surface area contributed by atoms with E-state index in [1.54, 1.807) is 26.0 Å². The van der Waals surface area contributed by atoms with Gasteiger partial charge in [-0.15, -0.1) is 0 Å². The van der Waals surface area contributed by atoms with Crippen molar-refractivity contribution in [2.24, 2.45) is 0 Å². The zero-order valence-electron chi connectivity index (χ0n) is 14.1. The molecule has 1 aromatic carbocycles. The lowest BCUT2D eigenvalue weighted by Crippen LogP contribution is -2.42. The summed E-state index contributed by atoms with van der Waals surface area (Å²) in [6.45, 7) is 5.23. The molecule has 7 heteroatoms. The Bertz CT molecular complexity index is 972. The Morgan fingerprint density at radius 3 is 2.60 bits per heavy atom. The normalized spacial score (nSPS) is 10.9. The van der Waals surface area contributed by atoms with Gasteiger partial charge in [-0.1, -0.05) is 0 Å². The summed E-state index contributed by atoms with van der Waals surface area (Å²) in [4.78, 5) is 27.3. The zero-order chi connectivity index (χ0) is 18.1. The van der Waals surface area contributed by atoms with Crippen molar-refractivity contribution in [3.8, 4) is 0 Å². The number of hydrogen-bond donors (Lipinski definition) is 3. The molecule has 0 spiro atoms. The van der Waals surface area contributed by atoms with E-state index in [0.717, 1.165) is 11.2 Å².